The van der Waals surface area contributed by atoms with E-state index >= 15 is 0 Å². The van der Waals surface area contributed by atoms with Crippen LogP contribution in [0.2, 0.25) is 0 Å². The SMILES string of the molecule is c1ccc2c(c1)sc1ccc(-c3c4ccccc4c(-c4ccc5oc6c7ccoc7ccc6c5c4)c4ccccc34)cc12. The van der Waals surface area contributed by atoms with Crippen molar-refractivity contribution < 1.29 is 8.83 Å². The van der Waals surface area contributed by atoms with Gasteiger partial charge in [-0.3, -0.25) is 0 Å². The van der Waals surface area contributed by atoms with Gasteiger partial charge in [0.2, 0.25) is 0 Å². The van der Waals surface area contributed by atoms with E-state index in [-0.39, 0.29) is 0 Å². The summed E-state index contributed by atoms with van der Waals surface area (Å²) < 4.78 is 14.7. The molecule has 0 unspecified atom stereocenters. The van der Waals surface area contributed by atoms with Gasteiger partial charge in [0.15, 0.2) is 0 Å². The van der Waals surface area contributed by atoms with Gasteiger partial charge in [0, 0.05) is 30.9 Å². The van der Waals surface area contributed by atoms with Crippen LogP contribution < -0.4 is 0 Å². The zero-order valence-electron chi connectivity index (χ0n) is 22.9. The second kappa shape index (κ2) is 8.57. The zero-order chi connectivity index (χ0) is 28.1. The summed E-state index contributed by atoms with van der Waals surface area (Å²) >= 11 is 1.86. The highest BCUT2D eigenvalue weighted by molar-refractivity contribution is 7.25. The molecule has 0 N–H and O–H groups in total. The molecule has 0 radical (unpaired) electrons. The van der Waals surface area contributed by atoms with Crippen molar-refractivity contribution in [2.45, 2.75) is 0 Å². The van der Waals surface area contributed by atoms with Gasteiger partial charge in [-0.15, -0.1) is 11.3 Å². The van der Waals surface area contributed by atoms with Crippen LogP contribution in [0.15, 0.2) is 142 Å². The van der Waals surface area contributed by atoms with Crippen LogP contribution in [0.4, 0.5) is 0 Å². The number of hydrogen-bond donors (Lipinski definition) is 0. The molecule has 7 aromatic carbocycles. The summed E-state index contributed by atoms with van der Waals surface area (Å²) in [6.45, 7) is 0. The predicted octanol–water partition coefficient (Wildman–Crippen LogP) is 12.3. The first-order valence-corrected chi connectivity index (χ1v) is 15.3. The van der Waals surface area contributed by atoms with E-state index in [0.29, 0.717) is 0 Å². The van der Waals surface area contributed by atoms with E-state index < -0.39 is 0 Å². The molecular weight excluding hydrogens is 545 g/mol. The number of benzene rings is 7. The highest BCUT2D eigenvalue weighted by atomic mass is 32.1. The van der Waals surface area contributed by atoms with Crippen LogP contribution in [0.5, 0.6) is 0 Å². The Morgan fingerprint density at radius 3 is 1.70 bits per heavy atom. The summed E-state index contributed by atoms with van der Waals surface area (Å²) in [5.74, 6) is 0. The molecule has 10 rings (SSSR count). The molecule has 3 heterocycles. The van der Waals surface area contributed by atoms with Gasteiger partial charge >= 0.3 is 0 Å². The van der Waals surface area contributed by atoms with Crippen LogP contribution in [0, 0.1) is 0 Å². The maximum absolute atomic E-state index is 6.37. The smallest absolute Gasteiger partial charge is 0.146 e. The third-order valence-electron chi connectivity index (χ3n) is 8.95. The third-order valence-corrected chi connectivity index (χ3v) is 10.1. The van der Waals surface area contributed by atoms with Gasteiger partial charge in [-0.2, -0.15) is 0 Å². The van der Waals surface area contributed by atoms with Gasteiger partial charge in [0.05, 0.1) is 11.6 Å². The maximum atomic E-state index is 6.37. The average molecular weight is 567 g/mol. The first kappa shape index (κ1) is 23.2. The van der Waals surface area contributed by atoms with Gasteiger partial charge in [0.25, 0.3) is 0 Å². The Morgan fingerprint density at radius 1 is 0.395 bits per heavy atom. The molecule has 0 aliphatic heterocycles. The van der Waals surface area contributed by atoms with Crippen molar-refractivity contribution in [2.75, 3.05) is 0 Å². The monoisotopic (exact) mass is 566 g/mol. The molecule has 3 aromatic heterocycles. The van der Waals surface area contributed by atoms with Crippen molar-refractivity contribution in [2.24, 2.45) is 0 Å². The quantitative estimate of drug-likeness (QED) is 0.195. The molecule has 200 valence electrons. The van der Waals surface area contributed by atoms with Crippen molar-refractivity contribution in [1.29, 1.82) is 0 Å². The van der Waals surface area contributed by atoms with Crippen LogP contribution >= 0.6 is 11.3 Å². The molecule has 0 spiro atoms. The van der Waals surface area contributed by atoms with Gasteiger partial charge in [-0.1, -0.05) is 78.9 Å². The van der Waals surface area contributed by atoms with E-state index in [1.165, 1.54) is 64.0 Å². The Kier molecular flexibility index (Phi) is 4.63. The van der Waals surface area contributed by atoms with Crippen LogP contribution in [0.3, 0.4) is 0 Å². The Balaban J connectivity index is 1.28. The van der Waals surface area contributed by atoms with Gasteiger partial charge in [0.1, 0.15) is 16.7 Å². The van der Waals surface area contributed by atoms with E-state index in [1.807, 2.05) is 23.5 Å². The number of thiophene rings is 1. The molecule has 0 aliphatic rings. The second-order valence-electron chi connectivity index (χ2n) is 11.2. The summed E-state index contributed by atoms with van der Waals surface area (Å²) in [5, 5.41) is 10.9. The topological polar surface area (TPSA) is 26.3 Å². The number of fused-ring (bicyclic) bond motifs is 10. The van der Waals surface area contributed by atoms with Crippen molar-refractivity contribution in [1.82, 2.24) is 0 Å². The lowest BCUT2D eigenvalue weighted by Gasteiger charge is -2.18. The van der Waals surface area contributed by atoms with Crippen molar-refractivity contribution >= 4 is 86.0 Å². The molecule has 10 aromatic rings. The predicted molar refractivity (Wildman–Crippen MR) is 182 cm³/mol. The second-order valence-corrected chi connectivity index (χ2v) is 12.3. The molecule has 0 amide bonds. The number of hydrogen-bond acceptors (Lipinski definition) is 3. The summed E-state index contributed by atoms with van der Waals surface area (Å²) in [4.78, 5) is 0. The Morgan fingerprint density at radius 2 is 0.977 bits per heavy atom. The zero-order valence-corrected chi connectivity index (χ0v) is 23.7. The Hall–Kier alpha value is -5.38. The average Bonchev–Trinajstić information content (AvgIpc) is 3.78. The lowest BCUT2D eigenvalue weighted by molar-refractivity contribution is 0.615. The molecular formula is C40H22O2S. The summed E-state index contributed by atoms with van der Waals surface area (Å²) in [6.07, 6.45) is 1.72. The van der Waals surface area contributed by atoms with E-state index in [0.717, 1.165) is 32.9 Å². The lowest BCUT2D eigenvalue weighted by atomic mass is 9.85. The fourth-order valence-electron chi connectivity index (χ4n) is 7.07. The minimum atomic E-state index is 0.841. The largest absolute Gasteiger partial charge is 0.464 e. The van der Waals surface area contributed by atoms with Crippen LogP contribution in [-0.2, 0) is 0 Å². The molecule has 0 saturated heterocycles. The van der Waals surface area contributed by atoms with Gasteiger partial charge < -0.3 is 8.83 Å². The van der Waals surface area contributed by atoms with Gasteiger partial charge in [-0.25, -0.2) is 0 Å². The number of furan rings is 2. The van der Waals surface area contributed by atoms with Crippen molar-refractivity contribution in [3.8, 4) is 22.3 Å². The van der Waals surface area contributed by atoms with E-state index in [4.69, 9.17) is 8.83 Å². The molecule has 2 nitrogen and oxygen atoms in total. The van der Waals surface area contributed by atoms with Crippen molar-refractivity contribution in [3.05, 3.63) is 134 Å². The lowest BCUT2D eigenvalue weighted by Crippen LogP contribution is -1.90. The molecule has 0 saturated carbocycles. The minimum absolute atomic E-state index is 0.841. The van der Waals surface area contributed by atoms with Crippen LogP contribution in [0.1, 0.15) is 0 Å². The first-order chi connectivity index (χ1) is 21.3. The Labute approximate surface area is 250 Å². The normalized spacial score (nSPS) is 12.2. The fourth-order valence-corrected chi connectivity index (χ4v) is 8.15. The van der Waals surface area contributed by atoms with E-state index in [1.54, 1.807) is 6.26 Å². The third kappa shape index (κ3) is 3.23. The fraction of sp³-hybridized carbons (Fsp3) is 0. The molecule has 0 bridgehead atoms. The highest BCUT2D eigenvalue weighted by Gasteiger charge is 2.19. The summed E-state index contributed by atoms with van der Waals surface area (Å²) in [6, 6.07) is 46.2. The van der Waals surface area contributed by atoms with E-state index in [2.05, 4.69) is 115 Å². The molecule has 43 heavy (non-hydrogen) atoms. The van der Waals surface area contributed by atoms with E-state index in [9.17, 15) is 0 Å². The standard InChI is InChI=1S/C40H22O2S/c1-3-10-28-26(8-1)38(23-13-16-35-32(21-23)30-15-17-34-31(19-20-41-34)40(30)42-35)27-9-2-4-11-29(27)39(28)24-14-18-37-33(22-24)25-7-5-6-12-36(25)43-37/h1-22H. The van der Waals surface area contributed by atoms with Gasteiger partial charge in [-0.05, 0) is 92.3 Å². The van der Waals surface area contributed by atoms with Crippen LogP contribution in [-0.4, -0.2) is 0 Å². The van der Waals surface area contributed by atoms with Crippen molar-refractivity contribution in [3.63, 3.8) is 0 Å². The molecule has 0 atom stereocenters. The molecule has 0 aliphatic carbocycles. The Bertz CT molecular complexity index is 2680. The maximum Gasteiger partial charge on any atom is 0.146 e. The summed E-state index contributed by atoms with van der Waals surface area (Å²) in [5.41, 5.74) is 7.56. The van der Waals surface area contributed by atoms with Crippen LogP contribution in [0.25, 0.3) is 96.9 Å². The minimum Gasteiger partial charge on any atom is -0.464 e. The number of rotatable bonds is 2. The molecule has 0 fully saturated rings. The molecule has 3 heteroatoms. The highest BCUT2D eigenvalue weighted by Crippen LogP contribution is 2.46. The first-order valence-electron chi connectivity index (χ1n) is 14.5. The summed E-state index contributed by atoms with van der Waals surface area (Å²) in [7, 11) is 0.